The van der Waals surface area contributed by atoms with Gasteiger partial charge in [0.05, 0.1) is 0 Å². The highest BCUT2D eigenvalue weighted by Crippen LogP contribution is 2.14. The fraction of sp³-hybridized carbons (Fsp3) is 0. The molecule has 0 saturated heterocycles. The van der Waals surface area contributed by atoms with Crippen LogP contribution in [0, 0.1) is 34.1 Å². The van der Waals surface area contributed by atoms with E-state index in [1.54, 1.807) is 0 Å². The third-order valence-corrected chi connectivity index (χ3v) is 2.23. The number of halogens is 3. The van der Waals surface area contributed by atoms with Crippen LogP contribution in [-0.4, -0.2) is 0 Å². The topological polar surface area (TPSA) is 23.8 Å². The van der Waals surface area contributed by atoms with Crippen LogP contribution >= 0.6 is 30.1 Å². The SMILES string of the molecule is N#Cc1c(F)cc(C#CSI)cc1F. The molecule has 1 rings (SSSR count). The predicted molar refractivity (Wildman–Crippen MR) is 59.6 cm³/mol. The van der Waals surface area contributed by atoms with Crippen molar-refractivity contribution in [2.24, 2.45) is 0 Å². The lowest BCUT2D eigenvalue weighted by Gasteiger charge is -1.96. The van der Waals surface area contributed by atoms with Crippen molar-refractivity contribution < 1.29 is 8.78 Å². The van der Waals surface area contributed by atoms with E-state index in [0.717, 1.165) is 12.1 Å². The van der Waals surface area contributed by atoms with Crippen molar-refractivity contribution in [3.8, 4) is 17.2 Å². The van der Waals surface area contributed by atoms with Crippen LogP contribution in [0.3, 0.4) is 0 Å². The Labute approximate surface area is 96.1 Å². The quantitative estimate of drug-likeness (QED) is 0.541. The number of nitrogens with zero attached hydrogens (tertiary/aromatic N) is 1. The molecule has 0 bridgehead atoms. The molecule has 0 amide bonds. The van der Waals surface area contributed by atoms with Gasteiger partial charge in [0.15, 0.2) is 0 Å². The first-order chi connectivity index (χ1) is 6.69. The summed E-state index contributed by atoms with van der Waals surface area (Å²) in [4.78, 5) is 0. The first-order valence-electron chi connectivity index (χ1n) is 3.36. The van der Waals surface area contributed by atoms with E-state index < -0.39 is 17.2 Å². The van der Waals surface area contributed by atoms with Gasteiger partial charge in [-0.25, -0.2) is 8.78 Å². The molecule has 0 atom stereocenters. The van der Waals surface area contributed by atoms with E-state index in [0.29, 0.717) is 0 Å². The van der Waals surface area contributed by atoms with E-state index in [4.69, 9.17) is 5.26 Å². The van der Waals surface area contributed by atoms with Crippen molar-refractivity contribution >= 4 is 30.1 Å². The van der Waals surface area contributed by atoms with E-state index in [1.165, 1.54) is 15.0 Å². The van der Waals surface area contributed by atoms with Crippen LogP contribution < -0.4 is 0 Å². The van der Waals surface area contributed by atoms with Crippen molar-refractivity contribution in [2.75, 3.05) is 0 Å². The van der Waals surface area contributed by atoms with Gasteiger partial charge in [0, 0.05) is 26.8 Å². The van der Waals surface area contributed by atoms with Gasteiger partial charge < -0.3 is 0 Å². The molecule has 0 spiro atoms. The lowest BCUT2D eigenvalue weighted by molar-refractivity contribution is 0.576. The summed E-state index contributed by atoms with van der Waals surface area (Å²) in [6.45, 7) is 0. The summed E-state index contributed by atoms with van der Waals surface area (Å²) in [6, 6.07) is 3.53. The monoisotopic (exact) mass is 321 g/mol. The Kier molecular flexibility index (Phi) is 4.18. The smallest absolute Gasteiger partial charge is 0.145 e. The standard InChI is InChI=1S/C9H2F2INS/c10-8-3-6(1-2-14-12)4-9(11)7(8)5-13/h3-4H. The Morgan fingerprint density at radius 1 is 1.29 bits per heavy atom. The average molecular weight is 321 g/mol. The van der Waals surface area contributed by atoms with Crippen molar-refractivity contribution in [3.05, 3.63) is 34.9 Å². The number of hydrogen-bond donors (Lipinski definition) is 0. The van der Waals surface area contributed by atoms with Crippen molar-refractivity contribution in [2.45, 2.75) is 0 Å². The van der Waals surface area contributed by atoms with Gasteiger partial charge >= 0.3 is 0 Å². The maximum Gasteiger partial charge on any atom is 0.145 e. The highest BCUT2D eigenvalue weighted by Gasteiger charge is 2.09. The molecule has 0 aliphatic rings. The second-order valence-electron chi connectivity index (χ2n) is 2.23. The second-order valence-corrected chi connectivity index (χ2v) is 3.91. The van der Waals surface area contributed by atoms with Gasteiger partial charge in [0.25, 0.3) is 0 Å². The maximum atomic E-state index is 13.0. The Bertz CT molecular complexity index is 433. The average Bonchev–Trinajstić information content (AvgIpc) is 2.14. The summed E-state index contributed by atoms with van der Waals surface area (Å²) in [5.74, 6) is 0.785. The summed E-state index contributed by atoms with van der Waals surface area (Å²) < 4.78 is 26.0. The predicted octanol–water partition coefficient (Wildman–Crippen LogP) is 3.23. The van der Waals surface area contributed by atoms with Gasteiger partial charge in [-0.05, 0) is 26.3 Å². The largest absolute Gasteiger partial charge is 0.205 e. The third-order valence-electron chi connectivity index (χ3n) is 1.39. The lowest BCUT2D eigenvalue weighted by Crippen LogP contribution is -1.91. The molecule has 70 valence electrons. The molecule has 0 N–H and O–H groups in total. The van der Waals surface area contributed by atoms with E-state index >= 15 is 0 Å². The summed E-state index contributed by atoms with van der Waals surface area (Å²) in [5.41, 5.74) is -0.346. The first kappa shape index (κ1) is 11.3. The molecule has 0 radical (unpaired) electrons. The zero-order chi connectivity index (χ0) is 10.6. The van der Waals surface area contributed by atoms with Crippen molar-refractivity contribution in [1.29, 1.82) is 5.26 Å². The van der Waals surface area contributed by atoms with Crippen LogP contribution in [0.4, 0.5) is 8.78 Å². The van der Waals surface area contributed by atoms with E-state index in [2.05, 4.69) is 11.2 Å². The molecule has 1 aromatic carbocycles. The summed E-state index contributed by atoms with van der Waals surface area (Å²) in [7, 11) is 1.22. The molecule has 0 heterocycles. The molecule has 0 fully saturated rings. The fourth-order valence-corrected chi connectivity index (χ4v) is 1.32. The van der Waals surface area contributed by atoms with E-state index in [1.807, 2.05) is 21.2 Å². The van der Waals surface area contributed by atoms with Crippen LogP contribution in [0.1, 0.15) is 11.1 Å². The van der Waals surface area contributed by atoms with Gasteiger partial charge in [-0.1, -0.05) is 5.92 Å². The fourth-order valence-electron chi connectivity index (χ4n) is 0.830. The van der Waals surface area contributed by atoms with Crippen molar-refractivity contribution in [3.63, 3.8) is 0 Å². The van der Waals surface area contributed by atoms with Gasteiger partial charge in [-0.2, -0.15) is 5.26 Å². The first-order valence-corrected chi connectivity index (χ1v) is 6.72. The number of benzene rings is 1. The molecule has 0 aliphatic carbocycles. The molecule has 0 unspecified atom stereocenters. The Morgan fingerprint density at radius 3 is 2.29 bits per heavy atom. The molecule has 0 aromatic heterocycles. The molecule has 0 aliphatic heterocycles. The Balaban J connectivity index is 3.22. The minimum atomic E-state index is -0.879. The Morgan fingerprint density at radius 2 is 1.86 bits per heavy atom. The van der Waals surface area contributed by atoms with Gasteiger partial charge in [-0.15, -0.1) is 0 Å². The Hall–Kier alpha value is -0.790. The molecule has 1 nitrogen and oxygen atoms in total. The van der Waals surface area contributed by atoms with Crippen molar-refractivity contribution in [1.82, 2.24) is 0 Å². The van der Waals surface area contributed by atoms with E-state index in [9.17, 15) is 8.78 Å². The zero-order valence-electron chi connectivity index (χ0n) is 6.64. The summed E-state index contributed by atoms with van der Waals surface area (Å²) in [5, 5.41) is 11.0. The molecule has 5 heteroatoms. The van der Waals surface area contributed by atoms with Crippen LogP contribution in [0.5, 0.6) is 0 Å². The molecule has 0 saturated carbocycles. The van der Waals surface area contributed by atoms with Crippen LogP contribution in [-0.2, 0) is 0 Å². The number of hydrogen-bond acceptors (Lipinski definition) is 2. The lowest BCUT2D eigenvalue weighted by atomic mass is 10.1. The second kappa shape index (κ2) is 5.18. The molecular weight excluding hydrogens is 319 g/mol. The molecular formula is C9H2F2INS. The van der Waals surface area contributed by atoms with Crippen LogP contribution in [0.25, 0.3) is 0 Å². The summed E-state index contributed by atoms with van der Waals surface area (Å²) in [6.07, 6.45) is 0. The highest BCUT2D eigenvalue weighted by atomic mass is 127. The maximum absolute atomic E-state index is 13.0. The summed E-state index contributed by atoms with van der Waals surface area (Å²) >= 11 is 1.95. The van der Waals surface area contributed by atoms with Gasteiger partial charge in [0.1, 0.15) is 23.3 Å². The minimum Gasteiger partial charge on any atom is -0.205 e. The van der Waals surface area contributed by atoms with Crippen LogP contribution in [0.2, 0.25) is 0 Å². The highest BCUT2D eigenvalue weighted by molar-refractivity contribution is 14.2. The van der Waals surface area contributed by atoms with Crippen LogP contribution in [0.15, 0.2) is 12.1 Å². The molecule has 14 heavy (non-hydrogen) atoms. The van der Waals surface area contributed by atoms with Gasteiger partial charge in [-0.3, -0.25) is 0 Å². The number of nitriles is 1. The number of rotatable bonds is 0. The van der Waals surface area contributed by atoms with Gasteiger partial charge in [0.2, 0.25) is 0 Å². The van der Waals surface area contributed by atoms with E-state index in [-0.39, 0.29) is 5.56 Å². The molecule has 1 aromatic rings. The minimum absolute atomic E-state index is 0.225. The normalized spacial score (nSPS) is 8.71. The zero-order valence-corrected chi connectivity index (χ0v) is 9.62. The third kappa shape index (κ3) is 2.60.